The molecule has 0 aliphatic carbocycles. The fourth-order valence-electron chi connectivity index (χ4n) is 3.84. The van der Waals surface area contributed by atoms with Gasteiger partial charge in [-0.1, -0.05) is 30.3 Å². The Morgan fingerprint density at radius 1 is 1.26 bits per heavy atom. The van der Waals surface area contributed by atoms with Crippen molar-refractivity contribution in [3.8, 4) is 0 Å². The Morgan fingerprint density at radius 3 is 2.74 bits per heavy atom. The molecule has 2 N–H and O–H groups in total. The van der Waals surface area contributed by atoms with Crippen molar-refractivity contribution >= 4 is 29.2 Å². The quantitative estimate of drug-likeness (QED) is 0.797. The molecule has 1 fully saturated rings. The standard InChI is InChI=1S/C20H21N3O3S/c1-20(18(25)21-19(26)22-20)10-7-16(24)23-11-8-15-14(9-12-27-15)17(23)13-5-3-2-4-6-13/h2-6,9,12,17H,7-8,10-11H2,1H3,(H2,21,22,25,26). The van der Waals surface area contributed by atoms with Crippen LogP contribution >= 0.6 is 11.3 Å². The Kier molecular flexibility index (Phi) is 4.47. The summed E-state index contributed by atoms with van der Waals surface area (Å²) in [6.07, 6.45) is 1.32. The number of carbonyl (C=O) groups is 3. The summed E-state index contributed by atoms with van der Waals surface area (Å²) in [5.41, 5.74) is 1.24. The molecule has 2 aromatic rings. The SMILES string of the molecule is CC1(CCC(=O)N2CCc3sccc3C2c2ccccc2)NC(=O)NC1=O. The molecule has 1 aromatic carbocycles. The van der Waals surface area contributed by atoms with Crippen LogP contribution in [0.2, 0.25) is 0 Å². The Morgan fingerprint density at radius 2 is 2.04 bits per heavy atom. The number of fused-ring (bicyclic) bond motifs is 1. The van der Waals surface area contributed by atoms with Gasteiger partial charge < -0.3 is 10.2 Å². The zero-order valence-corrected chi connectivity index (χ0v) is 15.8. The molecule has 0 radical (unpaired) electrons. The molecule has 1 aromatic heterocycles. The van der Waals surface area contributed by atoms with Gasteiger partial charge in [0, 0.05) is 17.8 Å². The summed E-state index contributed by atoms with van der Waals surface area (Å²) >= 11 is 1.73. The predicted octanol–water partition coefficient (Wildman–Crippen LogP) is 2.60. The van der Waals surface area contributed by atoms with Gasteiger partial charge in [-0.15, -0.1) is 11.3 Å². The average Bonchev–Trinajstić information content (AvgIpc) is 3.23. The lowest BCUT2D eigenvalue weighted by Crippen LogP contribution is -2.46. The number of carbonyl (C=O) groups excluding carboxylic acids is 3. The van der Waals surface area contributed by atoms with E-state index in [4.69, 9.17) is 0 Å². The molecule has 2 unspecified atom stereocenters. The normalized spacial score (nSPS) is 24.3. The van der Waals surface area contributed by atoms with Crippen LogP contribution in [0.4, 0.5) is 4.79 Å². The third kappa shape index (κ3) is 3.23. The van der Waals surface area contributed by atoms with E-state index in [0.717, 1.165) is 12.0 Å². The lowest BCUT2D eigenvalue weighted by molar-refractivity contribution is -0.134. The van der Waals surface area contributed by atoms with Crippen molar-refractivity contribution in [1.82, 2.24) is 15.5 Å². The predicted molar refractivity (Wildman–Crippen MR) is 102 cm³/mol. The van der Waals surface area contributed by atoms with Gasteiger partial charge in [0.2, 0.25) is 5.91 Å². The van der Waals surface area contributed by atoms with Crippen LogP contribution in [0, 0.1) is 0 Å². The van der Waals surface area contributed by atoms with Gasteiger partial charge in [0.15, 0.2) is 0 Å². The van der Waals surface area contributed by atoms with Gasteiger partial charge in [0.1, 0.15) is 5.54 Å². The number of benzene rings is 1. The fourth-order valence-corrected chi connectivity index (χ4v) is 4.74. The number of imide groups is 1. The van der Waals surface area contributed by atoms with E-state index in [0.29, 0.717) is 6.54 Å². The number of urea groups is 1. The van der Waals surface area contributed by atoms with Crippen molar-refractivity contribution in [3.63, 3.8) is 0 Å². The zero-order valence-electron chi connectivity index (χ0n) is 15.0. The average molecular weight is 383 g/mol. The van der Waals surface area contributed by atoms with Crippen LogP contribution in [0.25, 0.3) is 0 Å². The van der Waals surface area contributed by atoms with Crippen LogP contribution in [0.3, 0.4) is 0 Å². The minimum absolute atomic E-state index is 0.00382. The van der Waals surface area contributed by atoms with Gasteiger partial charge >= 0.3 is 6.03 Å². The molecular formula is C20H21N3O3S. The molecular weight excluding hydrogens is 362 g/mol. The van der Waals surface area contributed by atoms with Gasteiger partial charge in [-0.2, -0.15) is 0 Å². The maximum Gasteiger partial charge on any atom is 0.322 e. The number of nitrogens with zero attached hydrogens (tertiary/aromatic N) is 1. The molecule has 140 valence electrons. The van der Waals surface area contributed by atoms with Gasteiger partial charge in [0.05, 0.1) is 6.04 Å². The Bertz CT molecular complexity index is 895. The molecule has 2 atom stereocenters. The number of hydrogen-bond donors (Lipinski definition) is 2. The maximum atomic E-state index is 13.1. The first kappa shape index (κ1) is 17.7. The van der Waals surface area contributed by atoms with Crippen LogP contribution in [0.5, 0.6) is 0 Å². The van der Waals surface area contributed by atoms with E-state index < -0.39 is 11.6 Å². The highest BCUT2D eigenvalue weighted by Crippen LogP contribution is 2.38. The summed E-state index contributed by atoms with van der Waals surface area (Å²) in [6, 6.07) is 11.5. The first-order chi connectivity index (χ1) is 13.0. The van der Waals surface area contributed by atoms with Crippen molar-refractivity contribution in [2.75, 3.05) is 6.54 Å². The first-order valence-corrected chi connectivity index (χ1v) is 9.90. The molecule has 3 heterocycles. The second kappa shape index (κ2) is 6.81. The molecule has 4 rings (SSSR count). The van der Waals surface area contributed by atoms with Crippen LogP contribution in [-0.4, -0.2) is 34.8 Å². The minimum Gasteiger partial charge on any atom is -0.331 e. The summed E-state index contributed by atoms with van der Waals surface area (Å²) in [4.78, 5) is 39.7. The summed E-state index contributed by atoms with van der Waals surface area (Å²) in [5.74, 6) is -0.380. The zero-order chi connectivity index (χ0) is 19.0. The van der Waals surface area contributed by atoms with E-state index in [2.05, 4.69) is 22.1 Å². The van der Waals surface area contributed by atoms with Crippen molar-refractivity contribution in [2.45, 2.75) is 37.8 Å². The van der Waals surface area contributed by atoms with Gasteiger partial charge in [-0.3, -0.25) is 14.9 Å². The van der Waals surface area contributed by atoms with Gasteiger partial charge in [-0.25, -0.2) is 4.79 Å². The minimum atomic E-state index is -1.03. The summed E-state index contributed by atoms with van der Waals surface area (Å²) < 4.78 is 0. The van der Waals surface area contributed by atoms with E-state index >= 15 is 0 Å². The van der Waals surface area contributed by atoms with Crippen LogP contribution in [0.15, 0.2) is 41.8 Å². The number of nitrogens with one attached hydrogen (secondary N) is 2. The van der Waals surface area contributed by atoms with Crippen molar-refractivity contribution in [3.05, 3.63) is 57.8 Å². The Labute approximate surface area is 161 Å². The van der Waals surface area contributed by atoms with Gasteiger partial charge in [-0.05, 0) is 42.3 Å². The number of hydrogen-bond acceptors (Lipinski definition) is 4. The molecule has 2 aliphatic heterocycles. The van der Waals surface area contributed by atoms with E-state index in [1.807, 2.05) is 35.2 Å². The highest BCUT2D eigenvalue weighted by atomic mass is 32.1. The van der Waals surface area contributed by atoms with E-state index in [9.17, 15) is 14.4 Å². The van der Waals surface area contributed by atoms with Crippen molar-refractivity contribution < 1.29 is 14.4 Å². The lowest BCUT2D eigenvalue weighted by Gasteiger charge is -2.37. The second-order valence-electron chi connectivity index (χ2n) is 7.19. The van der Waals surface area contributed by atoms with Crippen LogP contribution in [0.1, 0.15) is 41.8 Å². The fraction of sp³-hybridized carbons (Fsp3) is 0.350. The number of thiophene rings is 1. The third-order valence-corrected chi connectivity index (χ3v) is 6.35. The summed E-state index contributed by atoms with van der Waals surface area (Å²) in [6.45, 7) is 2.31. The molecule has 4 amide bonds. The monoisotopic (exact) mass is 383 g/mol. The second-order valence-corrected chi connectivity index (χ2v) is 8.19. The number of rotatable bonds is 4. The third-order valence-electron chi connectivity index (χ3n) is 5.36. The van der Waals surface area contributed by atoms with Crippen molar-refractivity contribution in [1.29, 1.82) is 0 Å². The molecule has 0 bridgehead atoms. The van der Waals surface area contributed by atoms with Crippen LogP contribution < -0.4 is 10.6 Å². The molecule has 2 aliphatic rings. The Hall–Kier alpha value is -2.67. The van der Waals surface area contributed by atoms with Crippen LogP contribution in [-0.2, 0) is 16.0 Å². The van der Waals surface area contributed by atoms with Gasteiger partial charge in [0.25, 0.3) is 5.91 Å². The first-order valence-electron chi connectivity index (χ1n) is 9.02. The maximum absolute atomic E-state index is 13.1. The highest BCUT2D eigenvalue weighted by Gasteiger charge is 2.42. The molecule has 1 saturated heterocycles. The summed E-state index contributed by atoms with van der Waals surface area (Å²) in [5, 5.41) is 6.94. The van der Waals surface area contributed by atoms with Crippen molar-refractivity contribution in [2.24, 2.45) is 0 Å². The molecule has 6 nitrogen and oxygen atoms in total. The molecule has 7 heteroatoms. The number of amides is 4. The highest BCUT2D eigenvalue weighted by molar-refractivity contribution is 7.10. The largest absolute Gasteiger partial charge is 0.331 e. The molecule has 27 heavy (non-hydrogen) atoms. The molecule has 0 spiro atoms. The van der Waals surface area contributed by atoms with E-state index in [1.165, 1.54) is 10.4 Å². The topological polar surface area (TPSA) is 78.5 Å². The lowest BCUT2D eigenvalue weighted by atomic mass is 9.91. The Balaban J connectivity index is 1.56. The smallest absolute Gasteiger partial charge is 0.322 e. The van der Waals surface area contributed by atoms with E-state index in [1.54, 1.807) is 18.3 Å². The van der Waals surface area contributed by atoms with E-state index in [-0.39, 0.29) is 30.7 Å². The molecule has 0 saturated carbocycles. The summed E-state index contributed by atoms with van der Waals surface area (Å²) in [7, 11) is 0.